The van der Waals surface area contributed by atoms with Gasteiger partial charge in [-0.3, -0.25) is 4.79 Å². The van der Waals surface area contributed by atoms with Gasteiger partial charge in [0.1, 0.15) is 16.6 Å². The topological polar surface area (TPSA) is 110 Å². The van der Waals surface area contributed by atoms with E-state index in [2.05, 4.69) is 20.5 Å². The van der Waals surface area contributed by atoms with Crippen LogP contribution in [0.3, 0.4) is 0 Å². The zero-order chi connectivity index (χ0) is 21.1. The Morgan fingerprint density at radius 2 is 2.07 bits per heavy atom. The van der Waals surface area contributed by atoms with Gasteiger partial charge in [0.2, 0.25) is 5.89 Å². The molecule has 0 spiro atoms. The average molecular weight is 445 g/mol. The van der Waals surface area contributed by atoms with Crippen LogP contribution in [0.1, 0.15) is 45.6 Å². The van der Waals surface area contributed by atoms with Gasteiger partial charge in [-0.05, 0) is 24.6 Å². The normalized spacial score (nSPS) is 12.1. The van der Waals surface area contributed by atoms with Gasteiger partial charge in [-0.25, -0.2) is 4.79 Å². The Hall–Kier alpha value is -3.17. The van der Waals surface area contributed by atoms with E-state index in [0.717, 1.165) is 15.8 Å². The lowest BCUT2D eigenvalue weighted by atomic mass is 10.1. The maximum Gasteiger partial charge on any atom is 0.396 e. The Morgan fingerprint density at radius 1 is 1.27 bits per heavy atom. The molecule has 3 aromatic heterocycles. The number of carbonyl (C=O) groups excluding carboxylic acids is 2. The fourth-order valence-electron chi connectivity index (χ4n) is 2.95. The molecule has 0 aliphatic heterocycles. The van der Waals surface area contributed by atoms with Gasteiger partial charge >= 0.3 is 11.9 Å². The van der Waals surface area contributed by atoms with E-state index in [-0.39, 0.29) is 24.3 Å². The van der Waals surface area contributed by atoms with Gasteiger partial charge in [0.15, 0.2) is 0 Å². The number of H-pyrrole nitrogens is 1. The van der Waals surface area contributed by atoms with Gasteiger partial charge in [0.05, 0.1) is 10.9 Å². The summed E-state index contributed by atoms with van der Waals surface area (Å²) in [5, 5.41) is 11.5. The molecule has 0 saturated carbocycles. The second-order valence-electron chi connectivity index (χ2n) is 6.40. The Morgan fingerprint density at radius 3 is 2.80 bits per heavy atom. The van der Waals surface area contributed by atoms with Gasteiger partial charge in [-0.1, -0.05) is 41.9 Å². The number of esters is 1. The van der Waals surface area contributed by atoms with Crippen molar-refractivity contribution in [1.29, 1.82) is 0 Å². The predicted octanol–water partition coefficient (Wildman–Crippen LogP) is 4.16. The van der Waals surface area contributed by atoms with Crippen LogP contribution in [0, 0.1) is 0 Å². The van der Waals surface area contributed by atoms with Crippen molar-refractivity contribution in [1.82, 2.24) is 20.5 Å². The maximum atomic E-state index is 12.9. The van der Waals surface area contributed by atoms with E-state index in [1.807, 2.05) is 30.3 Å². The van der Waals surface area contributed by atoms with Gasteiger partial charge in [0, 0.05) is 11.8 Å². The molecule has 10 heteroatoms. The number of ether oxygens (including phenoxy) is 1. The van der Waals surface area contributed by atoms with Gasteiger partial charge in [-0.2, -0.15) is 0 Å². The highest BCUT2D eigenvalue weighted by Crippen LogP contribution is 2.29. The van der Waals surface area contributed by atoms with Crippen molar-refractivity contribution in [3.8, 4) is 0 Å². The number of nitrogens with zero attached hydrogens (tertiary/aromatic N) is 2. The molecule has 2 N–H and O–H groups in total. The lowest BCUT2D eigenvalue weighted by Gasteiger charge is -2.15. The molecule has 1 atom stereocenters. The summed E-state index contributed by atoms with van der Waals surface area (Å²) in [5.74, 6) is -1.19. The highest BCUT2D eigenvalue weighted by atomic mass is 35.5. The zero-order valence-electron chi connectivity index (χ0n) is 15.8. The number of nitrogens with one attached hydrogen (secondary N) is 2. The minimum atomic E-state index is -0.706. The molecule has 0 fully saturated rings. The fourth-order valence-corrected chi connectivity index (χ4v) is 4.08. The van der Waals surface area contributed by atoms with E-state index >= 15 is 0 Å². The summed E-state index contributed by atoms with van der Waals surface area (Å²) in [5.41, 5.74) is 1.34. The van der Waals surface area contributed by atoms with Crippen LogP contribution in [-0.2, 0) is 11.2 Å². The van der Waals surface area contributed by atoms with Crippen molar-refractivity contribution in [2.45, 2.75) is 19.4 Å². The Bertz CT molecular complexity index is 1150. The lowest BCUT2D eigenvalue weighted by molar-refractivity contribution is 0.0478. The van der Waals surface area contributed by atoms with Crippen LogP contribution in [0.25, 0.3) is 10.2 Å². The Balaban J connectivity index is 1.58. The molecule has 0 radical (unpaired) electrons. The monoisotopic (exact) mass is 444 g/mol. The molecule has 0 saturated heterocycles. The molecule has 1 unspecified atom stereocenters. The zero-order valence-corrected chi connectivity index (χ0v) is 17.4. The fraction of sp³-hybridized carbons (Fsp3) is 0.200. The first-order valence-electron chi connectivity index (χ1n) is 9.17. The van der Waals surface area contributed by atoms with E-state index in [1.54, 1.807) is 19.1 Å². The highest BCUT2D eigenvalue weighted by molar-refractivity contribution is 7.22. The van der Waals surface area contributed by atoms with E-state index in [0.29, 0.717) is 16.5 Å². The number of fused-ring (bicyclic) bond motifs is 1. The quantitative estimate of drug-likeness (QED) is 0.414. The number of halogens is 1. The van der Waals surface area contributed by atoms with Crippen LogP contribution in [-0.4, -0.2) is 33.7 Å². The second-order valence-corrected chi connectivity index (χ2v) is 8.08. The highest BCUT2D eigenvalue weighted by Gasteiger charge is 2.25. The van der Waals surface area contributed by atoms with Crippen molar-refractivity contribution in [3.63, 3.8) is 0 Å². The first-order chi connectivity index (χ1) is 14.5. The molecule has 0 bridgehead atoms. The molecule has 0 aliphatic carbocycles. The molecule has 30 heavy (non-hydrogen) atoms. The van der Waals surface area contributed by atoms with Gasteiger partial charge < -0.3 is 19.5 Å². The SMILES string of the molecule is CCOC(=O)c1nnc(C(Cc2ccccc2)NC(=O)c2cc3cc(Cl)sc3[nH]2)o1. The number of rotatable bonds is 7. The van der Waals surface area contributed by atoms with E-state index in [9.17, 15) is 9.59 Å². The summed E-state index contributed by atoms with van der Waals surface area (Å²) in [6.07, 6.45) is 0.401. The molecule has 8 nitrogen and oxygen atoms in total. The maximum absolute atomic E-state index is 12.9. The van der Waals surface area contributed by atoms with Crippen molar-refractivity contribution in [2.24, 2.45) is 0 Å². The molecule has 3 heterocycles. The third-order valence-electron chi connectivity index (χ3n) is 4.30. The first-order valence-corrected chi connectivity index (χ1v) is 10.4. The summed E-state index contributed by atoms with van der Waals surface area (Å²) in [7, 11) is 0. The first kappa shape index (κ1) is 20.1. The van der Waals surface area contributed by atoms with Crippen molar-refractivity contribution in [3.05, 3.63) is 69.8 Å². The largest absolute Gasteiger partial charge is 0.459 e. The van der Waals surface area contributed by atoms with Crippen LogP contribution < -0.4 is 5.32 Å². The van der Waals surface area contributed by atoms with Crippen LogP contribution in [0.5, 0.6) is 0 Å². The predicted molar refractivity (Wildman–Crippen MR) is 112 cm³/mol. The van der Waals surface area contributed by atoms with Crippen LogP contribution in [0.2, 0.25) is 4.34 Å². The second kappa shape index (κ2) is 8.68. The summed E-state index contributed by atoms with van der Waals surface area (Å²) in [6.45, 7) is 1.87. The molecular formula is C20H17ClN4O4S. The van der Waals surface area contributed by atoms with Gasteiger partial charge in [-0.15, -0.1) is 21.5 Å². The van der Waals surface area contributed by atoms with E-state index in [4.69, 9.17) is 20.8 Å². The van der Waals surface area contributed by atoms with Crippen molar-refractivity contribution >= 4 is 45.0 Å². The molecular weight excluding hydrogens is 428 g/mol. The third-order valence-corrected chi connectivity index (χ3v) is 5.50. The van der Waals surface area contributed by atoms with E-state index < -0.39 is 12.0 Å². The summed E-state index contributed by atoms with van der Waals surface area (Å²) in [6, 6.07) is 12.4. The summed E-state index contributed by atoms with van der Waals surface area (Å²) in [4.78, 5) is 28.6. The average Bonchev–Trinajstić information content (AvgIpc) is 3.43. The summed E-state index contributed by atoms with van der Waals surface area (Å²) >= 11 is 7.35. The smallest absolute Gasteiger partial charge is 0.396 e. The Labute approximate surface area is 180 Å². The summed E-state index contributed by atoms with van der Waals surface area (Å²) < 4.78 is 11.0. The number of hydrogen-bond donors (Lipinski definition) is 2. The lowest BCUT2D eigenvalue weighted by Crippen LogP contribution is -2.30. The van der Waals surface area contributed by atoms with Crippen LogP contribution in [0.15, 0.2) is 46.9 Å². The number of aromatic nitrogens is 3. The standard InChI is InChI=1S/C20H17ClN4O4S/c1-2-28-20(27)18-25-24-17(29-18)14(8-11-6-4-3-5-7-11)22-16(26)13-9-12-10-15(21)30-19(12)23-13/h3-7,9-10,14,23H,2,8H2,1H3,(H,22,26). The molecule has 1 aromatic carbocycles. The number of thiophene rings is 1. The number of carbonyl (C=O) groups is 2. The molecule has 0 aliphatic rings. The number of hydrogen-bond acceptors (Lipinski definition) is 7. The Kier molecular flexibility index (Phi) is 5.82. The third kappa shape index (κ3) is 4.37. The molecule has 1 amide bonds. The number of amides is 1. The van der Waals surface area contributed by atoms with Crippen LogP contribution in [0.4, 0.5) is 0 Å². The van der Waals surface area contributed by atoms with E-state index in [1.165, 1.54) is 11.3 Å². The molecule has 4 aromatic rings. The minimum absolute atomic E-state index is 0.117. The van der Waals surface area contributed by atoms with Crippen molar-refractivity contribution in [2.75, 3.05) is 6.61 Å². The van der Waals surface area contributed by atoms with Crippen molar-refractivity contribution < 1.29 is 18.7 Å². The molecule has 4 rings (SSSR count). The number of benzene rings is 1. The van der Waals surface area contributed by atoms with Gasteiger partial charge in [0.25, 0.3) is 5.91 Å². The minimum Gasteiger partial charge on any atom is -0.459 e. The molecule has 154 valence electrons. The van der Waals surface area contributed by atoms with Crippen LogP contribution >= 0.6 is 22.9 Å². The number of aromatic amines is 1.